The molecule has 0 fully saturated rings. The summed E-state index contributed by atoms with van der Waals surface area (Å²) in [5.41, 5.74) is 2.73. The number of hydrogen-bond donors (Lipinski definition) is 1. The van der Waals surface area contributed by atoms with Crippen molar-refractivity contribution in [2.45, 2.75) is 12.6 Å². The normalized spacial score (nSPS) is 12.3. The first kappa shape index (κ1) is 13.8. The Morgan fingerprint density at radius 2 is 1.90 bits per heavy atom. The van der Waals surface area contributed by atoms with Crippen molar-refractivity contribution in [3.63, 3.8) is 0 Å². The minimum atomic E-state index is -0.663. The van der Waals surface area contributed by atoms with E-state index in [0.29, 0.717) is 11.6 Å². The zero-order chi connectivity index (χ0) is 14.7. The predicted molar refractivity (Wildman–Crippen MR) is 81.9 cm³/mol. The molecule has 3 aromatic rings. The first-order chi connectivity index (χ1) is 10.2. The van der Waals surface area contributed by atoms with E-state index >= 15 is 0 Å². The van der Waals surface area contributed by atoms with Crippen LogP contribution in [0.4, 0.5) is 0 Å². The summed E-state index contributed by atoms with van der Waals surface area (Å²) in [6, 6.07) is 13.0. The fourth-order valence-electron chi connectivity index (χ4n) is 2.23. The SMILES string of the molecule is O[C@H](Cn1nccc1-c1ccncc1)c1cccc(Cl)c1. The second-order valence-electron chi connectivity index (χ2n) is 4.71. The highest BCUT2D eigenvalue weighted by Gasteiger charge is 2.12. The van der Waals surface area contributed by atoms with E-state index < -0.39 is 6.10 Å². The standard InChI is InChI=1S/C16H14ClN3O/c17-14-3-1-2-13(10-14)16(21)11-20-15(6-9-19-20)12-4-7-18-8-5-12/h1-10,16,21H,11H2/t16-/m1/s1. The molecule has 0 aliphatic heterocycles. The van der Waals surface area contributed by atoms with Crippen LogP contribution in [0.3, 0.4) is 0 Å². The number of aliphatic hydroxyl groups excluding tert-OH is 1. The van der Waals surface area contributed by atoms with Crippen LogP contribution in [0.25, 0.3) is 11.3 Å². The van der Waals surface area contributed by atoms with Crippen LogP contribution >= 0.6 is 11.6 Å². The summed E-state index contributed by atoms with van der Waals surface area (Å²) in [7, 11) is 0. The molecule has 5 heteroatoms. The summed E-state index contributed by atoms with van der Waals surface area (Å²) < 4.78 is 1.78. The molecule has 4 nitrogen and oxygen atoms in total. The van der Waals surface area contributed by atoms with E-state index in [1.807, 2.05) is 30.3 Å². The van der Waals surface area contributed by atoms with Gasteiger partial charge in [-0.3, -0.25) is 9.67 Å². The van der Waals surface area contributed by atoms with Crippen LogP contribution in [-0.4, -0.2) is 19.9 Å². The topological polar surface area (TPSA) is 50.9 Å². The van der Waals surface area contributed by atoms with E-state index in [9.17, 15) is 5.11 Å². The van der Waals surface area contributed by atoms with E-state index in [0.717, 1.165) is 16.8 Å². The van der Waals surface area contributed by atoms with E-state index in [4.69, 9.17) is 11.6 Å². The molecule has 0 aliphatic rings. The number of nitrogens with zero attached hydrogens (tertiary/aromatic N) is 3. The molecule has 1 N–H and O–H groups in total. The summed E-state index contributed by atoms with van der Waals surface area (Å²) in [6.07, 6.45) is 4.53. The lowest BCUT2D eigenvalue weighted by Gasteiger charge is -2.14. The molecule has 2 aromatic heterocycles. The van der Waals surface area contributed by atoms with Crippen molar-refractivity contribution in [2.24, 2.45) is 0 Å². The second-order valence-corrected chi connectivity index (χ2v) is 5.14. The van der Waals surface area contributed by atoms with Gasteiger partial charge in [-0.05, 0) is 35.9 Å². The van der Waals surface area contributed by atoms with Crippen LogP contribution in [0.1, 0.15) is 11.7 Å². The number of pyridine rings is 1. The van der Waals surface area contributed by atoms with Gasteiger partial charge in [0.25, 0.3) is 0 Å². The molecule has 106 valence electrons. The zero-order valence-corrected chi connectivity index (χ0v) is 12.0. The lowest BCUT2D eigenvalue weighted by Crippen LogP contribution is -2.11. The average molecular weight is 300 g/mol. The van der Waals surface area contributed by atoms with Gasteiger partial charge in [0.15, 0.2) is 0 Å². The van der Waals surface area contributed by atoms with Crippen molar-refractivity contribution in [2.75, 3.05) is 0 Å². The lowest BCUT2D eigenvalue weighted by molar-refractivity contribution is 0.152. The molecule has 0 unspecified atom stereocenters. The van der Waals surface area contributed by atoms with E-state index in [1.165, 1.54) is 0 Å². The fourth-order valence-corrected chi connectivity index (χ4v) is 2.43. The molecule has 0 aliphatic carbocycles. The van der Waals surface area contributed by atoms with Gasteiger partial charge >= 0.3 is 0 Å². The Morgan fingerprint density at radius 3 is 2.67 bits per heavy atom. The Balaban J connectivity index is 1.85. The molecule has 21 heavy (non-hydrogen) atoms. The van der Waals surface area contributed by atoms with Gasteiger partial charge in [0.2, 0.25) is 0 Å². The summed E-state index contributed by atoms with van der Waals surface area (Å²) in [6.45, 7) is 0.366. The molecule has 2 heterocycles. The van der Waals surface area contributed by atoms with Crippen molar-refractivity contribution < 1.29 is 5.11 Å². The number of aliphatic hydroxyl groups is 1. The van der Waals surface area contributed by atoms with E-state index in [1.54, 1.807) is 35.4 Å². The Morgan fingerprint density at radius 1 is 1.10 bits per heavy atom. The maximum absolute atomic E-state index is 10.4. The highest BCUT2D eigenvalue weighted by molar-refractivity contribution is 6.30. The van der Waals surface area contributed by atoms with Gasteiger partial charge in [0, 0.05) is 29.2 Å². The molecule has 0 saturated carbocycles. The maximum Gasteiger partial charge on any atom is 0.0986 e. The quantitative estimate of drug-likeness (QED) is 0.804. The highest BCUT2D eigenvalue weighted by Crippen LogP contribution is 2.23. The highest BCUT2D eigenvalue weighted by atomic mass is 35.5. The largest absolute Gasteiger partial charge is 0.386 e. The van der Waals surface area contributed by atoms with Gasteiger partial charge in [-0.1, -0.05) is 23.7 Å². The third-order valence-electron chi connectivity index (χ3n) is 3.27. The number of rotatable bonds is 4. The summed E-state index contributed by atoms with van der Waals surface area (Å²) >= 11 is 5.96. The molecular weight excluding hydrogens is 286 g/mol. The molecule has 0 radical (unpaired) electrons. The Hall–Kier alpha value is -2.17. The average Bonchev–Trinajstić information content (AvgIpc) is 2.96. The van der Waals surface area contributed by atoms with E-state index in [-0.39, 0.29) is 0 Å². The molecular formula is C16H14ClN3O. The van der Waals surface area contributed by atoms with Gasteiger partial charge in [-0.15, -0.1) is 0 Å². The second kappa shape index (κ2) is 6.08. The van der Waals surface area contributed by atoms with Crippen LogP contribution in [0.2, 0.25) is 5.02 Å². The molecule has 1 atom stereocenters. The Labute approximate surface area is 127 Å². The van der Waals surface area contributed by atoms with Crippen molar-refractivity contribution in [3.8, 4) is 11.3 Å². The van der Waals surface area contributed by atoms with Crippen molar-refractivity contribution in [1.82, 2.24) is 14.8 Å². The Kier molecular flexibility index (Phi) is 3.99. The molecule has 1 aromatic carbocycles. The number of benzene rings is 1. The molecule has 0 amide bonds. The van der Waals surface area contributed by atoms with Crippen LogP contribution in [0, 0.1) is 0 Å². The lowest BCUT2D eigenvalue weighted by atomic mass is 10.1. The van der Waals surface area contributed by atoms with Gasteiger partial charge in [0.1, 0.15) is 0 Å². The van der Waals surface area contributed by atoms with Gasteiger partial charge < -0.3 is 5.11 Å². The minimum absolute atomic E-state index is 0.366. The Bertz CT molecular complexity index is 727. The maximum atomic E-state index is 10.4. The van der Waals surface area contributed by atoms with Gasteiger partial charge in [0.05, 0.1) is 18.3 Å². The third-order valence-corrected chi connectivity index (χ3v) is 3.51. The van der Waals surface area contributed by atoms with Crippen molar-refractivity contribution in [1.29, 1.82) is 0 Å². The first-order valence-electron chi connectivity index (χ1n) is 6.60. The van der Waals surface area contributed by atoms with Crippen LogP contribution in [0.15, 0.2) is 61.1 Å². The van der Waals surface area contributed by atoms with Crippen molar-refractivity contribution in [3.05, 3.63) is 71.6 Å². The van der Waals surface area contributed by atoms with Gasteiger partial charge in [-0.25, -0.2) is 0 Å². The van der Waals surface area contributed by atoms with Crippen LogP contribution in [0.5, 0.6) is 0 Å². The number of hydrogen-bond acceptors (Lipinski definition) is 3. The molecule has 0 saturated heterocycles. The van der Waals surface area contributed by atoms with Crippen molar-refractivity contribution >= 4 is 11.6 Å². The van der Waals surface area contributed by atoms with Gasteiger partial charge in [-0.2, -0.15) is 5.10 Å². The molecule has 0 bridgehead atoms. The zero-order valence-electron chi connectivity index (χ0n) is 11.2. The minimum Gasteiger partial charge on any atom is -0.386 e. The number of aromatic nitrogens is 3. The third kappa shape index (κ3) is 3.12. The smallest absolute Gasteiger partial charge is 0.0986 e. The summed E-state index contributed by atoms with van der Waals surface area (Å²) in [5, 5.41) is 15.3. The summed E-state index contributed by atoms with van der Waals surface area (Å²) in [4.78, 5) is 4.01. The van der Waals surface area contributed by atoms with E-state index in [2.05, 4.69) is 10.1 Å². The first-order valence-corrected chi connectivity index (χ1v) is 6.97. The van der Waals surface area contributed by atoms with Crippen LogP contribution < -0.4 is 0 Å². The van der Waals surface area contributed by atoms with Crippen LogP contribution in [-0.2, 0) is 6.54 Å². The fraction of sp³-hybridized carbons (Fsp3) is 0.125. The monoisotopic (exact) mass is 299 g/mol. The number of halogens is 1. The molecule has 0 spiro atoms. The predicted octanol–water partition coefficient (Wildman–Crippen LogP) is 3.33. The molecule has 3 rings (SSSR count). The summed E-state index contributed by atoms with van der Waals surface area (Å²) in [5.74, 6) is 0.